The van der Waals surface area contributed by atoms with Gasteiger partial charge >= 0.3 is 0 Å². The van der Waals surface area contributed by atoms with Gasteiger partial charge in [0.2, 0.25) is 10.0 Å². The van der Waals surface area contributed by atoms with Crippen molar-refractivity contribution >= 4 is 51.7 Å². The molecule has 6 nitrogen and oxygen atoms in total. The predicted molar refractivity (Wildman–Crippen MR) is 123 cm³/mol. The summed E-state index contributed by atoms with van der Waals surface area (Å²) in [4.78, 5) is 6.46. The molecular weight excluding hydrogens is 483 g/mol. The zero-order chi connectivity index (χ0) is 18.3. The van der Waals surface area contributed by atoms with Crippen LogP contribution >= 0.6 is 35.7 Å². The highest BCUT2D eigenvalue weighted by Crippen LogP contribution is 2.28. The Morgan fingerprint density at radius 2 is 1.85 bits per heavy atom. The predicted octanol–water partition coefficient (Wildman–Crippen LogP) is 2.32. The Morgan fingerprint density at radius 1 is 1.23 bits per heavy atom. The van der Waals surface area contributed by atoms with Gasteiger partial charge < -0.3 is 10.2 Å². The molecule has 2 aliphatic rings. The first kappa shape index (κ1) is 24.3. The Bertz CT molecular complexity index is 531. The van der Waals surface area contributed by atoms with Gasteiger partial charge in [0.1, 0.15) is 0 Å². The second-order valence-corrected chi connectivity index (χ2v) is 10.6. The lowest BCUT2D eigenvalue weighted by atomic mass is 9.83. The van der Waals surface area contributed by atoms with E-state index in [0.717, 1.165) is 29.9 Å². The van der Waals surface area contributed by atoms with Crippen LogP contribution in [0.2, 0.25) is 0 Å². The number of nitrogens with zero attached hydrogens (tertiary/aromatic N) is 3. The third-order valence-electron chi connectivity index (χ3n) is 5.25. The van der Waals surface area contributed by atoms with Crippen LogP contribution in [0.5, 0.6) is 0 Å². The maximum absolute atomic E-state index is 12.4. The fourth-order valence-electron chi connectivity index (χ4n) is 3.62. The minimum absolute atomic E-state index is 0. The summed E-state index contributed by atoms with van der Waals surface area (Å²) in [6, 6.07) is 0. The van der Waals surface area contributed by atoms with Crippen molar-refractivity contribution in [2.45, 2.75) is 32.6 Å². The first-order valence-electron chi connectivity index (χ1n) is 9.39. The van der Waals surface area contributed by atoms with Crippen LogP contribution in [0.3, 0.4) is 0 Å². The quantitative estimate of drug-likeness (QED) is 0.332. The monoisotopic (exact) mass is 518 g/mol. The lowest BCUT2D eigenvalue weighted by Crippen LogP contribution is -2.45. The van der Waals surface area contributed by atoms with Crippen LogP contribution in [0.1, 0.15) is 32.6 Å². The van der Waals surface area contributed by atoms with Crippen molar-refractivity contribution in [2.75, 3.05) is 57.5 Å². The second kappa shape index (κ2) is 12.0. The highest BCUT2D eigenvalue weighted by atomic mass is 127. The highest BCUT2D eigenvalue weighted by molar-refractivity contribution is 14.0. The number of hydrogen-bond donors (Lipinski definition) is 1. The molecule has 1 heterocycles. The molecule has 1 N–H and O–H groups in total. The van der Waals surface area contributed by atoms with Gasteiger partial charge in [-0.25, -0.2) is 12.7 Å². The van der Waals surface area contributed by atoms with E-state index < -0.39 is 10.0 Å². The van der Waals surface area contributed by atoms with Gasteiger partial charge in [0.25, 0.3) is 0 Å². The van der Waals surface area contributed by atoms with E-state index in [1.165, 1.54) is 25.7 Å². The van der Waals surface area contributed by atoms with Crippen molar-refractivity contribution in [1.29, 1.82) is 0 Å². The van der Waals surface area contributed by atoms with E-state index in [1.54, 1.807) is 11.4 Å². The highest BCUT2D eigenvalue weighted by Gasteiger charge is 2.24. The zero-order valence-electron chi connectivity index (χ0n) is 16.3. The molecule has 0 aromatic carbocycles. The number of aliphatic imine (C=N–C) groups is 1. The summed E-state index contributed by atoms with van der Waals surface area (Å²) >= 11 is 1.82. The van der Waals surface area contributed by atoms with Crippen LogP contribution in [-0.2, 0) is 10.0 Å². The molecule has 2 rings (SSSR count). The van der Waals surface area contributed by atoms with Crippen molar-refractivity contribution in [1.82, 2.24) is 14.5 Å². The third kappa shape index (κ3) is 7.71. The molecule has 9 heteroatoms. The van der Waals surface area contributed by atoms with Crippen molar-refractivity contribution < 1.29 is 8.42 Å². The number of sulfonamides is 1. The first-order valence-corrected chi connectivity index (χ1v) is 12.2. The Labute approximate surface area is 181 Å². The standard InChI is InChI=1S/C17H34N4O2S2.HI/c1-15-4-6-16(7-5-15)14-20(3)17(18-2)19-8-13-25(22,23)21-9-11-24-12-10-21;/h15-16H,4-14H2,1-3H3,(H,18,19);1H. The van der Waals surface area contributed by atoms with Gasteiger partial charge in [-0.3, -0.25) is 4.99 Å². The summed E-state index contributed by atoms with van der Waals surface area (Å²) in [6.07, 6.45) is 5.20. The molecule has 0 unspecified atom stereocenters. The molecule has 1 saturated heterocycles. The van der Waals surface area contributed by atoms with E-state index >= 15 is 0 Å². The smallest absolute Gasteiger partial charge is 0.215 e. The summed E-state index contributed by atoms with van der Waals surface area (Å²) in [6.45, 7) is 5.01. The van der Waals surface area contributed by atoms with Gasteiger partial charge in [0.15, 0.2) is 5.96 Å². The van der Waals surface area contributed by atoms with Gasteiger partial charge in [-0.05, 0) is 24.7 Å². The second-order valence-electron chi connectivity index (χ2n) is 7.31. The molecule has 0 atom stereocenters. The Hall–Kier alpha value is 0.260. The number of nitrogens with one attached hydrogen (secondary N) is 1. The van der Waals surface area contributed by atoms with E-state index in [2.05, 4.69) is 22.1 Å². The molecule has 0 spiro atoms. The summed E-state index contributed by atoms with van der Waals surface area (Å²) in [5.74, 6) is 4.30. The molecule has 0 aromatic rings. The van der Waals surface area contributed by atoms with E-state index in [9.17, 15) is 8.42 Å². The molecule has 1 aliphatic heterocycles. The molecule has 1 saturated carbocycles. The molecular formula is C17H35IN4O2S2. The number of rotatable bonds is 6. The normalized spacial score (nSPS) is 25.4. The molecule has 154 valence electrons. The summed E-state index contributed by atoms with van der Waals surface area (Å²) in [5, 5.41) is 3.23. The van der Waals surface area contributed by atoms with Crippen molar-refractivity contribution in [3.63, 3.8) is 0 Å². The largest absolute Gasteiger partial charge is 0.355 e. The van der Waals surface area contributed by atoms with Crippen LogP contribution in [-0.4, -0.2) is 81.1 Å². The van der Waals surface area contributed by atoms with Gasteiger partial charge in [-0.1, -0.05) is 19.8 Å². The Balaban J connectivity index is 0.00000338. The van der Waals surface area contributed by atoms with Crippen molar-refractivity contribution in [3.8, 4) is 0 Å². The molecule has 0 aromatic heterocycles. The van der Waals surface area contributed by atoms with E-state index in [-0.39, 0.29) is 29.7 Å². The van der Waals surface area contributed by atoms with Crippen LogP contribution in [0.15, 0.2) is 4.99 Å². The van der Waals surface area contributed by atoms with E-state index in [4.69, 9.17) is 0 Å². The summed E-state index contributed by atoms with van der Waals surface area (Å²) < 4.78 is 26.4. The minimum Gasteiger partial charge on any atom is -0.355 e. The van der Waals surface area contributed by atoms with Crippen molar-refractivity contribution in [2.24, 2.45) is 16.8 Å². The summed E-state index contributed by atoms with van der Waals surface area (Å²) in [7, 11) is 0.645. The van der Waals surface area contributed by atoms with Gasteiger partial charge in [0.05, 0.1) is 5.75 Å². The average molecular weight is 519 g/mol. The maximum Gasteiger partial charge on any atom is 0.215 e. The molecule has 2 fully saturated rings. The maximum atomic E-state index is 12.4. The number of thioether (sulfide) groups is 1. The molecule has 0 amide bonds. The number of hydrogen-bond acceptors (Lipinski definition) is 4. The summed E-state index contributed by atoms with van der Waals surface area (Å²) in [5.41, 5.74) is 0. The van der Waals surface area contributed by atoms with Gasteiger partial charge in [-0.15, -0.1) is 24.0 Å². The lowest BCUT2D eigenvalue weighted by molar-refractivity contribution is 0.250. The lowest BCUT2D eigenvalue weighted by Gasteiger charge is -2.31. The molecule has 1 aliphatic carbocycles. The van der Waals surface area contributed by atoms with E-state index in [1.807, 2.05) is 18.8 Å². The molecule has 0 bridgehead atoms. The first-order chi connectivity index (χ1) is 11.9. The van der Waals surface area contributed by atoms with E-state index in [0.29, 0.717) is 25.6 Å². The average Bonchev–Trinajstić information content (AvgIpc) is 2.61. The zero-order valence-corrected chi connectivity index (χ0v) is 20.3. The van der Waals surface area contributed by atoms with Crippen LogP contribution < -0.4 is 5.32 Å². The minimum atomic E-state index is -3.16. The number of guanidine groups is 1. The van der Waals surface area contributed by atoms with Crippen LogP contribution in [0, 0.1) is 11.8 Å². The molecule has 26 heavy (non-hydrogen) atoms. The van der Waals surface area contributed by atoms with Gasteiger partial charge in [-0.2, -0.15) is 11.8 Å². The SMILES string of the molecule is CN=C(NCCS(=O)(=O)N1CCSCC1)N(C)CC1CCC(C)CC1.I. The fraction of sp³-hybridized carbons (Fsp3) is 0.941. The third-order valence-corrected chi connectivity index (χ3v) is 8.06. The Morgan fingerprint density at radius 3 is 2.42 bits per heavy atom. The van der Waals surface area contributed by atoms with Crippen LogP contribution in [0.25, 0.3) is 0 Å². The topological polar surface area (TPSA) is 65.0 Å². The molecule has 0 radical (unpaired) electrons. The number of halogens is 1. The Kier molecular flexibility index (Phi) is 11.2. The fourth-order valence-corrected chi connectivity index (χ4v) is 6.11. The van der Waals surface area contributed by atoms with Crippen LogP contribution in [0.4, 0.5) is 0 Å². The van der Waals surface area contributed by atoms with Gasteiger partial charge in [0, 0.05) is 51.8 Å². The van der Waals surface area contributed by atoms with Crippen molar-refractivity contribution in [3.05, 3.63) is 0 Å².